The molecule has 2 amide bonds. The van der Waals surface area contributed by atoms with Gasteiger partial charge in [0.15, 0.2) is 0 Å². The first kappa shape index (κ1) is 20.1. The molecule has 0 saturated heterocycles. The van der Waals surface area contributed by atoms with E-state index in [9.17, 15) is 14.4 Å². The van der Waals surface area contributed by atoms with E-state index in [0.29, 0.717) is 0 Å². The summed E-state index contributed by atoms with van der Waals surface area (Å²) in [4.78, 5) is 34.9. The van der Waals surface area contributed by atoms with E-state index in [4.69, 9.17) is 9.84 Å². The number of nitrogens with one attached hydrogen (secondary N) is 2. The number of hydrogen-bond donors (Lipinski definition) is 3. The Morgan fingerprint density at radius 2 is 1.66 bits per heavy atom. The van der Waals surface area contributed by atoms with Crippen LogP contribution in [0.2, 0.25) is 0 Å². The number of carboxylic acid groups (broad SMARTS) is 1. The third-order valence-electron chi connectivity index (χ3n) is 4.77. The van der Waals surface area contributed by atoms with Gasteiger partial charge >= 0.3 is 12.1 Å². The average molecular weight is 394 g/mol. The molecule has 0 aromatic heterocycles. The molecule has 29 heavy (non-hydrogen) atoms. The summed E-state index contributed by atoms with van der Waals surface area (Å²) in [6.07, 6.45) is 0.752. The van der Waals surface area contributed by atoms with Gasteiger partial charge in [-0.2, -0.15) is 0 Å². The molecular formula is C22H22N2O5. The molecule has 1 aliphatic carbocycles. The molecule has 1 aliphatic rings. The topological polar surface area (TPSA) is 105 Å². The lowest BCUT2D eigenvalue weighted by Crippen LogP contribution is -2.45. The van der Waals surface area contributed by atoms with E-state index in [0.717, 1.165) is 22.3 Å². The maximum atomic E-state index is 12.0. The third-order valence-corrected chi connectivity index (χ3v) is 4.77. The van der Waals surface area contributed by atoms with E-state index >= 15 is 0 Å². The lowest BCUT2D eigenvalue weighted by molar-refractivity contribution is -0.141. The molecule has 0 bridgehead atoms. The minimum Gasteiger partial charge on any atom is -0.480 e. The fraction of sp³-hybridized carbons (Fsp3) is 0.227. The van der Waals surface area contributed by atoms with Crippen LogP contribution in [0.25, 0.3) is 11.1 Å². The molecule has 1 unspecified atom stereocenters. The Bertz CT molecular complexity index is 895. The van der Waals surface area contributed by atoms with E-state index < -0.39 is 24.0 Å². The van der Waals surface area contributed by atoms with Crippen LogP contribution >= 0.6 is 0 Å². The lowest BCUT2D eigenvalue weighted by atomic mass is 9.98. The highest BCUT2D eigenvalue weighted by Crippen LogP contribution is 2.44. The maximum Gasteiger partial charge on any atom is 0.407 e. The van der Waals surface area contributed by atoms with E-state index in [2.05, 4.69) is 17.2 Å². The first-order valence-corrected chi connectivity index (χ1v) is 9.23. The molecule has 7 heteroatoms. The van der Waals surface area contributed by atoms with E-state index in [-0.39, 0.29) is 25.5 Å². The number of carbonyl (C=O) groups excluding carboxylic acids is 2. The van der Waals surface area contributed by atoms with Crippen LogP contribution in [0, 0.1) is 0 Å². The summed E-state index contributed by atoms with van der Waals surface area (Å²) in [5.41, 5.74) is 4.43. The number of hydrogen-bond acceptors (Lipinski definition) is 4. The van der Waals surface area contributed by atoms with Gasteiger partial charge in [0, 0.05) is 5.92 Å². The van der Waals surface area contributed by atoms with Gasteiger partial charge in [-0.25, -0.2) is 9.59 Å². The second-order valence-corrected chi connectivity index (χ2v) is 6.66. The molecule has 3 N–H and O–H groups in total. The Morgan fingerprint density at radius 1 is 1.07 bits per heavy atom. The van der Waals surface area contributed by atoms with Crippen molar-refractivity contribution in [1.29, 1.82) is 0 Å². The molecule has 1 atom stereocenters. The van der Waals surface area contributed by atoms with Crippen molar-refractivity contribution in [1.82, 2.24) is 10.6 Å². The average Bonchev–Trinajstić information content (AvgIpc) is 3.04. The zero-order valence-electron chi connectivity index (χ0n) is 15.8. The lowest BCUT2D eigenvalue weighted by Gasteiger charge is -2.15. The van der Waals surface area contributed by atoms with Crippen LogP contribution < -0.4 is 10.6 Å². The van der Waals surface area contributed by atoms with Crippen LogP contribution in [0.15, 0.2) is 61.2 Å². The van der Waals surface area contributed by atoms with E-state index in [1.54, 1.807) is 0 Å². The molecule has 0 fully saturated rings. The highest BCUT2D eigenvalue weighted by molar-refractivity contribution is 5.86. The summed E-state index contributed by atoms with van der Waals surface area (Å²) in [5, 5.41) is 13.7. The van der Waals surface area contributed by atoms with Crippen LogP contribution in [0.1, 0.15) is 23.5 Å². The van der Waals surface area contributed by atoms with Gasteiger partial charge in [0.25, 0.3) is 0 Å². The van der Waals surface area contributed by atoms with Crippen LogP contribution in [-0.2, 0) is 14.3 Å². The number of alkyl carbamates (subject to hydrolysis) is 1. The number of fused-ring (bicyclic) bond motifs is 3. The molecule has 7 nitrogen and oxygen atoms in total. The molecule has 2 aromatic rings. The maximum absolute atomic E-state index is 12.0. The van der Waals surface area contributed by atoms with Crippen LogP contribution in [-0.4, -0.2) is 42.3 Å². The number of benzene rings is 2. The molecule has 0 aliphatic heterocycles. The fourth-order valence-electron chi connectivity index (χ4n) is 3.44. The van der Waals surface area contributed by atoms with Crippen molar-refractivity contribution in [2.75, 3.05) is 13.2 Å². The molecule has 3 rings (SSSR count). The number of carbonyl (C=O) groups is 3. The van der Waals surface area contributed by atoms with Gasteiger partial charge in [0.05, 0.1) is 0 Å². The summed E-state index contributed by atoms with van der Waals surface area (Å²) in [5.74, 6) is -1.86. The summed E-state index contributed by atoms with van der Waals surface area (Å²) < 4.78 is 5.33. The van der Waals surface area contributed by atoms with Crippen LogP contribution in [0.5, 0.6) is 0 Å². The third kappa shape index (κ3) is 4.63. The standard InChI is InChI=1S/C22H22N2O5/c1-2-7-19(21(26)27)24-20(25)12-23-22(28)29-13-18-16-10-5-3-8-14(16)15-9-4-6-11-17(15)18/h2-6,8-11,18-19H,1,7,12-13H2,(H,23,28)(H,24,25)(H,26,27). The smallest absolute Gasteiger partial charge is 0.407 e. The number of amides is 2. The minimum atomic E-state index is -1.17. The van der Waals surface area contributed by atoms with Gasteiger partial charge in [-0.05, 0) is 28.7 Å². The predicted molar refractivity (Wildman–Crippen MR) is 107 cm³/mol. The number of aliphatic carboxylic acids is 1. The zero-order chi connectivity index (χ0) is 20.8. The first-order valence-electron chi connectivity index (χ1n) is 9.23. The summed E-state index contributed by atoms with van der Waals surface area (Å²) in [6, 6.07) is 14.9. The quantitative estimate of drug-likeness (QED) is 0.597. The van der Waals surface area contributed by atoms with Crippen molar-refractivity contribution in [2.45, 2.75) is 18.4 Å². The molecular weight excluding hydrogens is 372 g/mol. The van der Waals surface area contributed by atoms with Crippen molar-refractivity contribution in [3.8, 4) is 11.1 Å². The number of carboxylic acids is 1. The first-order chi connectivity index (χ1) is 14.0. The molecule has 0 heterocycles. The highest BCUT2D eigenvalue weighted by atomic mass is 16.5. The van der Waals surface area contributed by atoms with Crippen molar-refractivity contribution in [3.05, 3.63) is 72.3 Å². The van der Waals surface area contributed by atoms with Gasteiger partial charge in [0.2, 0.25) is 5.91 Å². The number of rotatable bonds is 8. The second kappa shape index (κ2) is 9.05. The summed E-state index contributed by atoms with van der Waals surface area (Å²) >= 11 is 0. The number of ether oxygens (including phenoxy) is 1. The Hall–Kier alpha value is -3.61. The molecule has 150 valence electrons. The van der Waals surface area contributed by atoms with E-state index in [1.165, 1.54) is 6.08 Å². The molecule has 2 aromatic carbocycles. The normalized spacial score (nSPS) is 13.0. The van der Waals surface area contributed by atoms with Crippen LogP contribution in [0.4, 0.5) is 4.79 Å². The van der Waals surface area contributed by atoms with Gasteiger partial charge in [0.1, 0.15) is 19.2 Å². The Morgan fingerprint density at radius 3 is 2.21 bits per heavy atom. The summed E-state index contributed by atoms with van der Waals surface area (Å²) in [6.45, 7) is 3.21. The molecule has 0 spiro atoms. The van der Waals surface area contributed by atoms with E-state index in [1.807, 2.05) is 48.5 Å². The Kier molecular flexibility index (Phi) is 6.29. The molecule has 0 saturated carbocycles. The zero-order valence-corrected chi connectivity index (χ0v) is 15.8. The van der Waals surface area contributed by atoms with Crippen molar-refractivity contribution in [2.24, 2.45) is 0 Å². The summed E-state index contributed by atoms with van der Waals surface area (Å²) in [7, 11) is 0. The fourth-order valence-corrected chi connectivity index (χ4v) is 3.44. The van der Waals surface area contributed by atoms with Crippen LogP contribution in [0.3, 0.4) is 0 Å². The minimum absolute atomic E-state index is 0.0778. The predicted octanol–water partition coefficient (Wildman–Crippen LogP) is 2.67. The van der Waals surface area contributed by atoms with Crippen molar-refractivity contribution >= 4 is 18.0 Å². The Balaban J connectivity index is 1.54. The van der Waals surface area contributed by atoms with Crippen molar-refractivity contribution < 1.29 is 24.2 Å². The second-order valence-electron chi connectivity index (χ2n) is 6.66. The molecule has 0 radical (unpaired) electrons. The Labute approximate surface area is 168 Å². The highest BCUT2D eigenvalue weighted by Gasteiger charge is 2.29. The van der Waals surface area contributed by atoms with Gasteiger partial charge in [-0.15, -0.1) is 6.58 Å². The van der Waals surface area contributed by atoms with Gasteiger partial charge < -0.3 is 20.5 Å². The van der Waals surface area contributed by atoms with Gasteiger partial charge in [-0.1, -0.05) is 54.6 Å². The monoisotopic (exact) mass is 394 g/mol. The van der Waals surface area contributed by atoms with Crippen molar-refractivity contribution in [3.63, 3.8) is 0 Å². The largest absolute Gasteiger partial charge is 0.480 e. The SMILES string of the molecule is C=CCC(NC(=O)CNC(=O)OCC1c2ccccc2-c2ccccc21)C(=O)O. The van der Waals surface area contributed by atoms with Gasteiger partial charge in [-0.3, -0.25) is 4.79 Å².